The van der Waals surface area contributed by atoms with E-state index in [0.29, 0.717) is 83.4 Å². The van der Waals surface area contributed by atoms with Crippen LogP contribution in [-0.2, 0) is 59.7 Å². The van der Waals surface area contributed by atoms with Crippen molar-refractivity contribution in [1.82, 2.24) is 5.32 Å². The topological polar surface area (TPSA) is 166 Å². The minimum atomic E-state index is -2.01. The molecule has 0 bridgehead atoms. The molecule has 0 aliphatic carbocycles. The van der Waals surface area contributed by atoms with Crippen LogP contribution in [0.3, 0.4) is 0 Å². The van der Waals surface area contributed by atoms with Gasteiger partial charge in [-0.25, -0.2) is 0 Å². The molecule has 17 nitrogen and oxygen atoms in total. The zero-order valence-electron chi connectivity index (χ0n) is 57.8. The second-order valence-electron chi connectivity index (χ2n) is 23.9. The van der Waals surface area contributed by atoms with Crippen LogP contribution in [0.2, 0.25) is 36.3 Å². The van der Waals surface area contributed by atoms with Gasteiger partial charge in [0.2, 0.25) is 0 Å². The van der Waals surface area contributed by atoms with Gasteiger partial charge in [0.05, 0.1) is 71.5 Å². The molecule has 0 heterocycles. The summed E-state index contributed by atoms with van der Waals surface area (Å²) < 4.78 is 79.4. The molecule has 3 radical (unpaired) electrons. The van der Waals surface area contributed by atoms with Crippen LogP contribution in [0.5, 0.6) is 23.0 Å². The standard InChI is InChI=1S/C34H57NO7Si.C33H52N2O7Si.B.Na.H/c1-9-31(35-24-29-15-11-13-17-33(29)41-27-39-23-21-37-6)30(25-42-43(7,8)34(2,3)4)19-18-28-14-10-12-16-32(28)40-26-38-22-20-36-5;1-9-29(34-22-27-14-10-12-16-31(27)40-25-38-20-18-36-5)30(24-42-43(7,8)33(2,3)4)35-23-28-15-11-13-17-32(28)41-26-39-21-19-37-6;;;/h10-17,30-31,35H,9,18-27H2,1-8H3;10-17,22-23,29-30H,9,18-21,24-26H2,1-8H3;;;/q;;;+1;-1/t30-,31-;29-,30-;;;/m00.../s1. The third-order valence-electron chi connectivity index (χ3n) is 15.6. The second kappa shape index (κ2) is 46.5. The minimum Gasteiger partial charge on any atom is -1.00 e. The van der Waals surface area contributed by atoms with Crippen molar-refractivity contribution in [3.8, 4) is 23.0 Å². The Morgan fingerprint density at radius 1 is 0.477 bits per heavy atom. The quantitative estimate of drug-likeness (QED) is 0.0192. The molecule has 0 aliphatic heterocycles. The molecule has 4 atom stereocenters. The normalized spacial score (nSPS) is 13.5. The Morgan fingerprint density at radius 3 is 1.25 bits per heavy atom. The predicted molar refractivity (Wildman–Crippen MR) is 358 cm³/mol. The number of hydrogen-bond acceptors (Lipinski definition) is 17. The molecular formula is C67H110BN3NaO14Si2. The van der Waals surface area contributed by atoms with Gasteiger partial charge in [0, 0.05) is 85.2 Å². The number of benzene rings is 4. The molecule has 21 heteroatoms. The Morgan fingerprint density at radius 2 is 0.841 bits per heavy atom. The van der Waals surface area contributed by atoms with Crippen molar-refractivity contribution >= 4 is 37.5 Å². The number of nitrogens with zero attached hydrogens (tertiary/aromatic N) is 2. The molecule has 489 valence electrons. The summed E-state index contributed by atoms with van der Waals surface area (Å²) in [7, 11) is 2.67. The van der Waals surface area contributed by atoms with E-state index in [0.717, 1.165) is 60.5 Å². The number of aliphatic imine (C=N–C) groups is 2. The van der Waals surface area contributed by atoms with Crippen LogP contribution in [0.15, 0.2) is 107 Å². The van der Waals surface area contributed by atoms with Crippen molar-refractivity contribution in [3.05, 3.63) is 119 Å². The monoisotopic (exact) mass is 1270 g/mol. The molecule has 0 aliphatic rings. The number of para-hydroxylation sites is 4. The van der Waals surface area contributed by atoms with Crippen LogP contribution in [0, 0.1) is 5.92 Å². The van der Waals surface area contributed by atoms with Crippen molar-refractivity contribution < 1.29 is 96.7 Å². The average Bonchev–Trinajstić information content (AvgIpc) is 3.69. The number of hydrogen-bond donors (Lipinski definition) is 1. The molecule has 88 heavy (non-hydrogen) atoms. The van der Waals surface area contributed by atoms with E-state index in [9.17, 15) is 0 Å². The van der Waals surface area contributed by atoms with E-state index in [1.54, 1.807) is 28.4 Å². The summed E-state index contributed by atoms with van der Waals surface area (Å²) in [5.74, 6) is 3.41. The molecule has 0 spiro atoms. The third-order valence-corrected chi connectivity index (χ3v) is 24.6. The fourth-order valence-electron chi connectivity index (χ4n) is 8.06. The Bertz CT molecular complexity index is 2480. The van der Waals surface area contributed by atoms with Crippen LogP contribution in [0.1, 0.15) is 98.3 Å². The third kappa shape index (κ3) is 32.2. The summed E-state index contributed by atoms with van der Waals surface area (Å²) in [5.41, 5.74) is 4.02. The molecule has 1 N–H and O–H groups in total. The van der Waals surface area contributed by atoms with E-state index in [4.69, 9.17) is 75.7 Å². The Balaban J connectivity index is 0.00000168. The molecule has 0 saturated heterocycles. The van der Waals surface area contributed by atoms with Crippen molar-refractivity contribution in [1.29, 1.82) is 0 Å². The van der Waals surface area contributed by atoms with Gasteiger partial charge in [-0.2, -0.15) is 0 Å². The predicted octanol–water partition coefficient (Wildman–Crippen LogP) is 9.95. The molecule has 4 aromatic carbocycles. The summed E-state index contributed by atoms with van der Waals surface area (Å²) in [4.78, 5) is 10.0. The summed E-state index contributed by atoms with van der Waals surface area (Å²) in [6.45, 7) is 33.7. The summed E-state index contributed by atoms with van der Waals surface area (Å²) in [6, 6.07) is 31.9. The number of ether oxygens (including phenoxy) is 12. The Hall–Kier alpha value is -3.52. The van der Waals surface area contributed by atoms with E-state index in [2.05, 4.69) is 105 Å². The fraction of sp³-hybridized carbons (Fsp3) is 0.612. The number of aryl methyl sites for hydroxylation is 1. The van der Waals surface area contributed by atoms with Crippen molar-refractivity contribution in [2.24, 2.45) is 15.9 Å². The van der Waals surface area contributed by atoms with Crippen molar-refractivity contribution in [2.45, 2.75) is 142 Å². The summed E-state index contributed by atoms with van der Waals surface area (Å²) in [6.07, 6.45) is 7.35. The van der Waals surface area contributed by atoms with Crippen LogP contribution < -0.4 is 53.8 Å². The van der Waals surface area contributed by atoms with Gasteiger partial charge >= 0.3 is 29.6 Å². The van der Waals surface area contributed by atoms with E-state index < -0.39 is 16.6 Å². The van der Waals surface area contributed by atoms with E-state index in [-0.39, 0.29) is 94.8 Å². The molecule has 0 aromatic heterocycles. The van der Waals surface area contributed by atoms with Crippen molar-refractivity contribution in [2.75, 3.05) is 122 Å². The zero-order valence-corrected chi connectivity index (χ0v) is 60.8. The molecule has 0 amide bonds. The first kappa shape index (κ1) is 82.5. The first-order valence-corrected chi connectivity index (χ1v) is 36.3. The molecule has 0 unspecified atom stereocenters. The van der Waals surface area contributed by atoms with Gasteiger partial charge < -0.3 is 72.4 Å². The maximum Gasteiger partial charge on any atom is 1.00 e. The van der Waals surface area contributed by atoms with Crippen LogP contribution in [-0.4, -0.2) is 177 Å². The molecule has 0 fully saturated rings. The Kier molecular flexibility index (Phi) is 43.6. The van der Waals surface area contributed by atoms with Gasteiger partial charge in [0.1, 0.15) is 23.0 Å². The average molecular weight is 1270 g/mol. The van der Waals surface area contributed by atoms with Gasteiger partial charge in [0.15, 0.2) is 43.8 Å². The second-order valence-corrected chi connectivity index (χ2v) is 33.5. The molecule has 4 rings (SSSR count). The van der Waals surface area contributed by atoms with E-state index in [1.807, 2.05) is 91.3 Å². The number of nitrogens with one attached hydrogen (secondary N) is 1. The first-order valence-electron chi connectivity index (χ1n) is 30.4. The zero-order chi connectivity index (χ0) is 63.1. The van der Waals surface area contributed by atoms with Gasteiger partial charge in [-0.1, -0.05) is 116 Å². The van der Waals surface area contributed by atoms with Gasteiger partial charge in [-0.15, -0.1) is 0 Å². The maximum absolute atomic E-state index is 6.81. The van der Waals surface area contributed by atoms with Crippen LogP contribution >= 0.6 is 0 Å². The Labute approximate surface area is 557 Å². The summed E-state index contributed by atoms with van der Waals surface area (Å²) >= 11 is 0. The molecular weight excluding hydrogens is 1160 g/mol. The largest absolute Gasteiger partial charge is 1.00 e. The fourth-order valence-corrected chi connectivity index (χ4v) is 10.1. The van der Waals surface area contributed by atoms with E-state index in [1.165, 1.54) is 5.56 Å². The van der Waals surface area contributed by atoms with Gasteiger partial charge in [0.25, 0.3) is 0 Å². The van der Waals surface area contributed by atoms with E-state index >= 15 is 0 Å². The van der Waals surface area contributed by atoms with Crippen molar-refractivity contribution in [3.63, 3.8) is 0 Å². The number of rotatable bonds is 44. The maximum atomic E-state index is 6.81. The van der Waals surface area contributed by atoms with Crippen LogP contribution in [0.25, 0.3) is 0 Å². The minimum absolute atomic E-state index is 0. The SMILES string of the molecule is CC[C@H](N=Cc1ccccc1OCOCCOC)[C@H](CO[Si](C)(C)C(C)(C)C)N=Cc1ccccc1OCOCCOC.CC[C@H](NCc1ccccc1OCOCCOC)[C@@H](CCc1ccccc1OCOCCOC)CO[Si](C)(C)C(C)(C)C.[B].[H-].[Na+]. The smallest absolute Gasteiger partial charge is 1.00 e. The van der Waals surface area contributed by atoms with Gasteiger partial charge in [-0.3, -0.25) is 9.98 Å². The molecule has 4 aromatic rings. The van der Waals surface area contributed by atoms with Gasteiger partial charge in [-0.05, 0) is 110 Å². The number of methoxy groups -OCH3 is 4. The van der Waals surface area contributed by atoms with Crippen LogP contribution in [0.4, 0.5) is 0 Å². The molecule has 0 saturated carbocycles. The summed E-state index contributed by atoms with van der Waals surface area (Å²) in [5, 5.41) is 4.08. The first-order chi connectivity index (χ1) is 41.2.